The van der Waals surface area contributed by atoms with E-state index in [4.69, 9.17) is 9.47 Å². The summed E-state index contributed by atoms with van der Waals surface area (Å²) >= 11 is 0. The number of rotatable bonds is 10. The predicted octanol–water partition coefficient (Wildman–Crippen LogP) is 3.95. The van der Waals surface area contributed by atoms with Gasteiger partial charge in [0.05, 0.1) is 26.7 Å². The molecule has 1 amide bonds. The molecule has 0 spiro atoms. The highest BCUT2D eigenvalue weighted by atomic mass is 16.5. The van der Waals surface area contributed by atoms with Crippen molar-refractivity contribution >= 4 is 17.4 Å². The largest absolute Gasteiger partial charge is 0.497 e. The van der Waals surface area contributed by atoms with Gasteiger partial charge >= 0.3 is 0 Å². The van der Waals surface area contributed by atoms with Crippen LogP contribution in [0.15, 0.2) is 72.9 Å². The van der Waals surface area contributed by atoms with Gasteiger partial charge in [-0.15, -0.1) is 0 Å². The minimum absolute atomic E-state index is 0.00726. The van der Waals surface area contributed by atoms with Gasteiger partial charge in [0.15, 0.2) is 0 Å². The zero-order valence-corrected chi connectivity index (χ0v) is 20.6. The topological polar surface area (TPSA) is 58.1 Å². The Morgan fingerprint density at radius 1 is 0.943 bits per heavy atom. The van der Waals surface area contributed by atoms with Crippen LogP contribution in [0.25, 0.3) is 11.1 Å². The lowest BCUT2D eigenvalue weighted by atomic mass is 10.0. The Balaban J connectivity index is 1.20. The smallest absolute Gasteiger partial charge is 0.230 e. The summed E-state index contributed by atoms with van der Waals surface area (Å²) in [7, 11) is 3.44. The number of carbonyl (C=O) groups is 1. The van der Waals surface area contributed by atoms with Gasteiger partial charge in [-0.25, -0.2) is 4.98 Å². The van der Waals surface area contributed by atoms with Gasteiger partial charge in [-0.3, -0.25) is 14.6 Å². The van der Waals surface area contributed by atoms with E-state index < -0.39 is 0 Å². The summed E-state index contributed by atoms with van der Waals surface area (Å²) in [5.41, 5.74) is 3.71. The quantitative estimate of drug-likeness (QED) is 0.415. The lowest BCUT2D eigenvalue weighted by Crippen LogP contribution is -2.47. The maximum Gasteiger partial charge on any atom is 0.230 e. The fourth-order valence-corrected chi connectivity index (χ4v) is 4.28. The normalized spacial score (nSPS) is 14.1. The van der Waals surface area contributed by atoms with Crippen molar-refractivity contribution in [2.75, 3.05) is 69.9 Å². The third-order valence-corrected chi connectivity index (χ3v) is 6.40. The molecule has 1 aliphatic rings. The van der Waals surface area contributed by atoms with Crippen molar-refractivity contribution in [2.24, 2.45) is 0 Å². The molecule has 0 unspecified atom stereocenters. The number of methoxy groups -OCH3 is 1. The molecule has 184 valence electrons. The van der Waals surface area contributed by atoms with Crippen LogP contribution in [0.1, 0.15) is 6.42 Å². The van der Waals surface area contributed by atoms with E-state index in [1.165, 1.54) is 16.8 Å². The number of carbonyl (C=O) groups excluding carboxylic acids is 1. The number of pyridine rings is 1. The van der Waals surface area contributed by atoms with Gasteiger partial charge in [-0.05, 0) is 35.9 Å². The minimum Gasteiger partial charge on any atom is -0.497 e. The summed E-state index contributed by atoms with van der Waals surface area (Å²) in [6.45, 7) is 5.84. The molecule has 0 bridgehead atoms. The van der Waals surface area contributed by atoms with Gasteiger partial charge in [0, 0.05) is 57.2 Å². The third kappa shape index (κ3) is 6.59. The predicted molar refractivity (Wildman–Crippen MR) is 140 cm³/mol. The van der Waals surface area contributed by atoms with E-state index in [1.54, 1.807) is 25.3 Å². The van der Waals surface area contributed by atoms with Crippen LogP contribution in [0.3, 0.4) is 0 Å². The molecule has 0 aliphatic carbocycles. The molecular formula is C28H34N4O3. The van der Waals surface area contributed by atoms with Crippen LogP contribution in [-0.2, 0) is 9.53 Å². The second-order valence-electron chi connectivity index (χ2n) is 8.58. The summed E-state index contributed by atoms with van der Waals surface area (Å²) in [6.07, 6.45) is 2.04. The second kappa shape index (κ2) is 12.3. The molecule has 2 heterocycles. The van der Waals surface area contributed by atoms with Gasteiger partial charge in [0.2, 0.25) is 5.91 Å². The molecule has 7 heteroatoms. The summed E-state index contributed by atoms with van der Waals surface area (Å²) in [5, 5.41) is 0. The zero-order valence-electron chi connectivity index (χ0n) is 20.6. The van der Waals surface area contributed by atoms with Crippen molar-refractivity contribution < 1.29 is 14.3 Å². The molecule has 0 N–H and O–H groups in total. The van der Waals surface area contributed by atoms with Crippen LogP contribution in [0.5, 0.6) is 5.75 Å². The summed E-state index contributed by atoms with van der Waals surface area (Å²) in [6, 6.07) is 22.4. The van der Waals surface area contributed by atoms with Crippen molar-refractivity contribution in [1.29, 1.82) is 0 Å². The Hall–Kier alpha value is -3.42. The number of piperazine rings is 1. The molecular weight excluding hydrogens is 440 g/mol. The average Bonchev–Trinajstić information content (AvgIpc) is 2.93. The highest BCUT2D eigenvalue weighted by molar-refractivity contribution is 5.91. The number of aromatic nitrogens is 1. The summed E-state index contributed by atoms with van der Waals surface area (Å²) < 4.78 is 11.1. The van der Waals surface area contributed by atoms with Gasteiger partial charge < -0.3 is 14.4 Å². The summed E-state index contributed by atoms with van der Waals surface area (Å²) in [5.74, 6) is 1.53. The van der Waals surface area contributed by atoms with E-state index in [0.717, 1.165) is 38.5 Å². The van der Waals surface area contributed by atoms with Gasteiger partial charge in [0.25, 0.3) is 0 Å². The highest BCUT2D eigenvalue weighted by Crippen LogP contribution is 2.32. The van der Waals surface area contributed by atoms with Crippen molar-refractivity contribution in [3.8, 4) is 16.9 Å². The molecule has 0 atom stereocenters. The molecule has 0 radical (unpaired) electrons. The Bertz CT molecular complexity index is 1070. The lowest BCUT2D eigenvalue weighted by Gasteiger charge is -2.37. The fourth-order valence-electron chi connectivity index (χ4n) is 4.28. The van der Waals surface area contributed by atoms with Crippen molar-refractivity contribution in [3.05, 3.63) is 72.9 Å². The number of para-hydroxylation sites is 1. The first-order valence-electron chi connectivity index (χ1n) is 12.1. The molecule has 1 aliphatic heterocycles. The monoisotopic (exact) mass is 474 g/mol. The van der Waals surface area contributed by atoms with E-state index in [-0.39, 0.29) is 5.91 Å². The van der Waals surface area contributed by atoms with Crippen molar-refractivity contribution in [2.45, 2.75) is 6.42 Å². The van der Waals surface area contributed by atoms with Crippen molar-refractivity contribution in [3.63, 3.8) is 0 Å². The Morgan fingerprint density at radius 2 is 1.69 bits per heavy atom. The van der Waals surface area contributed by atoms with Gasteiger partial charge in [-0.2, -0.15) is 0 Å². The molecule has 0 saturated carbocycles. The van der Waals surface area contributed by atoms with Gasteiger partial charge in [0.1, 0.15) is 11.6 Å². The zero-order chi connectivity index (χ0) is 24.5. The molecule has 1 saturated heterocycles. The van der Waals surface area contributed by atoms with E-state index in [1.807, 2.05) is 30.3 Å². The minimum atomic E-state index is 0.00726. The van der Waals surface area contributed by atoms with Crippen LogP contribution < -0.4 is 14.5 Å². The number of benzene rings is 2. The lowest BCUT2D eigenvalue weighted by molar-refractivity contribution is -0.119. The molecule has 7 nitrogen and oxygen atoms in total. The number of nitrogens with zero attached hydrogens (tertiary/aromatic N) is 4. The Morgan fingerprint density at radius 3 is 2.40 bits per heavy atom. The first-order valence-corrected chi connectivity index (χ1v) is 12.1. The number of amides is 1. The fraction of sp³-hybridized carbons (Fsp3) is 0.357. The summed E-state index contributed by atoms with van der Waals surface area (Å²) in [4.78, 5) is 23.0. The number of ether oxygens (including phenoxy) is 2. The average molecular weight is 475 g/mol. The molecule has 4 rings (SSSR count). The van der Waals surface area contributed by atoms with E-state index in [9.17, 15) is 4.79 Å². The maximum absolute atomic E-state index is 12.3. The number of hydrogen-bond acceptors (Lipinski definition) is 6. The van der Waals surface area contributed by atoms with Crippen LogP contribution in [-0.4, -0.2) is 75.9 Å². The Labute approximate surface area is 207 Å². The highest BCUT2D eigenvalue weighted by Gasteiger charge is 2.19. The number of anilines is 2. The first-order chi connectivity index (χ1) is 17.2. The first kappa shape index (κ1) is 24.7. The van der Waals surface area contributed by atoms with E-state index in [2.05, 4.69) is 51.2 Å². The standard InChI is InChI=1S/C28H34N4O3/c1-30(27-9-5-6-15-29-27)28(33)14-21-35-22-20-31-16-18-32(19-17-31)26-8-4-3-7-25(26)23-10-12-24(34-2)13-11-23/h3-13,15H,14,16-22H2,1-2H3. The number of hydrogen-bond donors (Lipinski definition) is 0. The molecule has 1 aromatic heterocycles. The van der Waals surface area contributed by atoms with Crippen LogP contribution in [0, 0.1) is 0 Å². The molecule has 2 aromatic carbocycles. The second-order valence-corrected chi connectivity index (χ2v) is 8.58. The van der Waals surface area contributed by atoms with Crippen LogP contribution in [0.4, 0.5) is 11.5 Å². The van der Waals surface area contributed by atoms with E-state index >= 15 is 0 Å². The Kier molecular flexibility index (Phi) is 8.70. The van der Waals surface area contributed by atoms with Crippen LogP contribution in [0.2, 0.25) is 0 Å². The van der Waals surface area contributed by atoms with E-state index in [0.29, 0.717) is 25.5 Å². The van der Waals surface area contributed by atoms with Gasteiger partial charge in [-0.1, -0.05) is 36.4 Å². The molecule has 35 heavy (non-hydrogen) atoms. The van der Waals surface area contributed by atoms with Crippen LogP contribution >= 0.6 is 0 Å². The maximum atomic E-state index is 12.3. The molecule has 1 fully saturated rings. The SMILES string of the molecule is COc1ccc(-c2ccccc2N2CCN(CCOCCC(=O)N(C)c3ccccn3)CC2)cc1. The van der Waals surface area contributed by atoms with Crippen molar-refractivity contribution in [1.82, 2.24) is 9.88 Å². The molecule has 3 aromatic rings. The third-order valence-electron chi connectivity index (χ3n) is 6.40.